The molecule has 0 heterocycles. The van der Waals surface area contributed by atoms with Gasteiger partial charge in [-0.25, -0.2) is 0 Å². The van der Waals surface area contributed by atoms with E-state index in [2.05, 4.69) is 69.2 Å². The number of rotatable bonds is 3. The fourth-order valence-electron chi connectivity index (χ4n) is 0.354. The lowest BCUT2D eigenvalue weighted by Crippen LogP contribution is -1.80. The summed E-state index contributed by atoms with van der Waals surface area (Å²) in [6.07, 6.45) is 9.74. The van der Waals surface area contributed by atoms with Crippen LogP contribution in [0.1, 0.15) is 156 Å². The molecule has 0 saturated carbocycles. The Morgan fingerprint density at radius 1 is 0.560 bits per heavy atom. The first-order valence-electron chi connectivity index (χ1n) is 10.8. The Hall–Kier alpha value is -0.330. The van der Waals surface area contributed by atoms with Gasteiger partial charge in [-0.15, -0.1) is 0 Å². The van der Waals surface area contributed by atoms with Crippen LogP contribution in [0.4, 0.5) is 0 Å². The van der Waals surface area contributed by atoms with Crippen LogP contribution in [0.15, 0.2) is 0 Å². The third-order valence-corrected chi connectivity index (χ3v) is 1.20. The van der Waals surface area contributed by atoms with Crippen molar-refractivity contribution >= 4 is 5.78 Å². The molecule has 0 amide bonds. The van der Waals surface area contributed by atoms with Gasteiger partial charge in [0.2, 0.25) is 0 Å². The molecule has 0 aliphatic heterocycles. The van der Waals surface area contributed by atoms with Gasteiger partial charge in [0.05, 0.1) is 0 Å². The first-order chi connectivity index (χ1) is 11.3. The number of ketones is 1. The molecule has 0 bridgehead atoms. The molecule has 0 unspecified atom stereocenters. The lowest BCUT2D eigenvalue weighted by Gasteiger charge is -1.79. The Morgan fingerprint density at radius 3 is 0.680 bits per heavy atom. The predicted molar refractivity (Wildman–Crippen MR) is 128 cm³/mol. The summed E-state index contributed by atoms with van der Waals surface area (Å²) in [5, 5.41) is 0. The van der Waals surface area contributed by atoms with Crippen LogP contribution >= 0.6 is 0 Å². The standard InChI is InChI=1S/C5H12.C4H8O.4C3H8.C2H6.CH4/c1-3-5-4-2;1-3-4(2)5;4*1-3-2;1-2;/h3-5H2,1-2H3;3H2,1-2H3;4*3H2,1-2H3;1-2H3;1H4. The van der Waals surface area contributed by atoms with Gasteiger partial charge in [-0.05, 0) is 6.92 Å². The molecule has 0 radical (unpaired) electrons. The van der Waals surface area contributed by atoms with E-state index in [0.717, 1.165) is 0 Å². The normalized spacial score (nSPS) is 6.32. The molecule has 0 aromatic rings. The van der Waals surface area contributed by atoms with Gasteiger partial charge in [0.25, 0.3) is 0 Å². The SMILES string of the molecule is C.CC.CCC.CCC.CCC.CCC.CCC(C)=O.CCCCC. The van der Waals surface area contributed by atoms with Crippen molar-refractivity contribution in [3.8, 4) is 0 Å². The van der Waals surface area contributed by atoms with Gasteiger partial charge < -0.3 is 4.79 Å². The average molecular weight is 367 g/mol. The maximum absolute atomic E-state index is 9.81. The number of carbonyl (C=O) groups excluding carboxylic acids is 1. The summed E-state index contributed by atoms with van der Waals surface area (Å²) in [6, 6.07) is 0. The van der Waals surface area contributed by atoms with Crippen LogP contribution in [0.5, 0.6) is 0 Å². The molecule has 0 spiro atoms. The molecule has 25 heavy (non-hydrogen) atoms. The summed E-state index contributed by atoms with van der Waals surface area (Å²) in [5.41, 5.74) is 0. The number of unbranched alkanes of at least 4 members (excludes halogenated alkanes) is 2. The zero-order valence-electron chi connectivity index (χ0n) is 20.6. The van der Waals surface area contributed by atoms with Crippen LogP contribution in [0.25, 0.3) is 0 Å². The molecule has 1 heteroatoms. The average Bonchev–Trinajstić information content (AvgIpc) is 2.54. The van der Waals surface area contributed by atoms with E-state index < -0.39 is 0 Å². The second kappa shape index (κ2) is 107. The summed E-state index contributed by atoms with van der Waals surface area (Å²) < 4.78 is 0. The third-order valence-electron chi connectivity index (χ3n) is 1.20. The molecule has 0 N–H and O–H groups in total. The molecule has 0 atom stereocenters. The summed E-state index contributed by atoms with van der Waals surface area (Å²) >= 11 is 0. The summed E-state index contributed by atoms with van der Waals surface area (Å²) in [5.74, 6) is 0.255. The molecule has 0 aromatic carbocycles. The van der Waals surface area contributed by atoms with Crippen LogP contribution in [0, 0.1) is 0 Å². The van der Waals surface area contributed by atoms with Gasteiger partial charge in [-0.1, -0.05) is 142 Å². The molecule has 164 valence electrons. The second-order valence-electron chi connectivity index (χ2n) is 5.24. The lowest BCUT2D eigenvalue weighted by molar-refractivity contribution is -0.116. The van der Waals surface area contributed by atoms with Crippen LogP contribution in [-0.2, 0) is 4.79 Å². The van der Waals surface area contributed by atoms with E-state index in [1.807, 2.05) is 20.8 Å². The molecular formula is C24H62O. The molecule has 0 rings (SSSR count). The summed E-state index contributed by atoms with van der Waals surface area (Å²) in [4.78, 5) is 9.81. The topological polar surface area (TPSA) is 17.1 Å². The molecule has 1 nitrogen and oxygen atoms in total. The summed E-state index contributed by atoms with van der Waals surface area (Å²) in [6.45, 7) is 28.9. The van der Waals surface area contributed by atoms with Crippen molar-refractivity contribution in [2.45, 2.75) is 156 Å². The van der Waals surface area contributed by atoms with E-state index in [0.29, 0.717) is 6.42 Å². The fraction of sp³-hybridized carbons (Fsp3) is 0.958. The zero-order chi connectivity index (χ0) is 21.2. The first kappa shape index (κ1) is 49.7. The van der Waals surface area contributed by atoms with Crippen LogP contribution < -0.4 is 0 Å². The Bertz CT molecular complexity index is 98.7. The van der Waals surface area contributed by atoms with Crippen molar-refractivity contribution in [1.82, 2.24) is 0 Å². The molecule has 0 aromatic heterocycles. The van der Waals surface area contributed by atoms with Crippen LogP contribution in [0.2, 0.25) is 0 Å². The quantitative estimate of drug-likeness (QED) is 0.485. The van der Waals surface area contributed by atoms with E-state index in [-0.39, 0.29) is 13.2 Å². The highest BCUT2D eigenvalue weighted by atomic mass is 16.1. The Balaban J connectivity index is -0.0000000229. The van der Waals surface area contributed by atoms with E-state index in [4.69, 9.17) is 0 Å². The van der Waals surface area contributed by atoms with Gasteiger partial charge >= 0.3 is 0 Å². The van der Waals surface area contributed by atoms with Crippen LogP contribution in [-0.4, -0.2) is 5.78 Å². The van der Waals surface area contributed by atoms with Gasteiger partial charge in [0.15, 0.2) is 0 Å². The fourth-order valence-corrected chi connectivity index (χ4v) is 0.354. The summed E-state index contributed by atoms with van der Waals surface area (Å²) in [7, 11) is 0. The first-order valence-corrected chi connectivity index (χ1v) is 10.8. The highest BCUT2D eigenvalue weighted by Gasteiger charge is 1.76. The predicted octanol–water partition coefficient (Wildman–Crippen LogP) is 10.5. The number of hydrogen-bond donors (Lipinski definition) is 0. The van der Waals surface area contributed by atoms with Crippen molar-refractivity contribution in [1.29, 1.82) is 0 Å². The van der Waals surface area contributed by atoms with Crippen molar-refractivity contribution in [3.05, 3.63) is 0 Å². The molecule has 0 aliphatic rings. The van der Waals surface area contributed by atoms with Crippen molar-refractivity contribution in [2.24, 2.45) is 0 Å². The molecule has 0 saturated heterocycles. The Kier molecular flexibility index (Phi) is 213. The zero-order valence-corrected chi connectivity index (χ0v) is 20.6. The smallest absolute Gasteiger partial charge is 0.129 e. The molecular weight excluding hydrogens is 304 g/mol. The number of carbonyl (C=O) groups is 1. The number of hydrogen-bond acceptors (Lipinski definition) is 1. The van der Waals surface area contributed by atoms with Gasteiger partial charge in [-0.2, -0.15) is 0 Å². The van der Waals surface area contributed by atoms with E-state index >= 15 is 0 Å². The number of Topliss-reactive ketones (excluding diaryl/α,β-unsaturated/α-hetero) is 1. The maximum Gasteiger partial charge on any atom is 0.129 e. The highest BCUT2D eigenvalue weighted by Crippen LogP contribution is 1.88. The minimum absolute atomic E-state index is 0. The van der Waals surface area contributed by atoms with Gasteiger partial charge in [0.1, 0.15) is 5.78 Å². The van der Waals surface area contributed by atoms with Crippen molar-refractivity contribution in [2.75, 3.05) is 0 Å². The van der Waals surface area contributed by atoms with E-state index in [9.17, 15) is 4.79 Å². The van der Waals surface area contributed by atoms with Crippen molar-refractivity contribution < 1.29 is 4.79 Å². The van der Waals surface area contributed by atoms with Gasteiger partial charge in [-0.3, -0.25) is 0 Å². The third kappa shape index (κ3) is 825. The Labute approximate surface area is 166 Å². The molecule has 0 fully saturated rings. The van der Waals surface area contributed by atoms with Crippen molar-refractivity contribution in [3.63, 3.8) is 0 Å². The minimum atomic E-state index is 0. The maximum atomic E-state index is 9.81. The largest absolute Gasteiger partial charge is 0.300 e. The highest BCUT2D eigenvalue weighted by molar-refractivity contribution is 5.74. The van der Waals surface area contributed by atoms with E-state index in [1.54, 1.807) is 6.92 Å². The Morgan fingerprint density at radius 2 is 0.680 bits per heavy atom. The van der Waals surface area contributed by atoms with Crippen LogP contribution in [0.3, 0.4) is 0 Å². The monoisotopic (exact) mass is 366 g/mol. The minimum Gasteiger partial charge on any atom is -0.300 e. The van der Waals surface area contributed by atoms with Gasteiger partial charge in [0, 0.05) is 6.42 Å². The second-order valence-corrected chi connectivity index (χ2v) is 5.24. The molecule has 0 aliphatic carbocycles. The van der Waals surface area contributed by atoms with E-state index in [1.165, 1.54) is 44.9 Å². The lowest BCUT2D eigenvalue weighted by atomic mass is 10.3.